The van der Waals surface area contributed by atoms with Crippen molar-refractivity contribution in [3.63, 3.8) is 0 Å². The van der Waals surface area contributed by atoms with Crippen LogP contribution in [0, 0.1) is 17.8 Å². The average molecular weight is 353 g/mol. The van der Waals surface area contributed by atoms with Crippen LogP contribution >= 0.6 is 0 Å². The number of ether oxygens (including phenoxy) is 2. The zero-order valence-electron chi connectivity index (χ0n) is 15.8. The first-order valence-electron chi connectivity index (χ1n) is 9.17. The second-order valence-electron chi connectivity index (χ2n) is 7.96. The first-order valence-corrected chi connectivity index (χ1v) is 9.17. The van der Waals surface area contributed by atoms with Crippen molar-refractivity contribution in [3.8, 4) is 0 Å². The molecule has 0 saturated heterocycles. The molecule has 25 heavy (non-hydrogen) atoms. The summed E-state index contributed by atoms with van der Waals surface area (Å²) in [5, 5.41) is 12.8. The van der Waals surface area contributed by atoms with E-state index in [4.69, 9.17) is 9.47 Å². The Labute approximate surface area is 150 Å². The number of carbonyl (C=O) groups excluding carboxylic acids is 2. The number of carbonyl (C=O) groups is 2. The van der Waals surface area contributed by atoms with E-state index in [0.29, 0.717) is 17.8 Å². The van der Waals surface area contributed by atoms with Gasteiger partial charge in [0.15, 0.2) is 11.3 Å². The molecule has 6 heteroatoms. The minimum Gasteiger partial charge on any atom is -0.434 e. The van der Waals surface area contributed by atoms with Crippen LogP contribution in [0.3, 0.4) is 0 Å². The average Bonchev–Trinajstić information content (AvgIpc) is 2.52. The Bertz CT molecular complexity index is 532. The van der Waals surface area contributed by atoms with Gasteiger partial charge in [0, 0.05) is 6.20 Å². The van der Waals surface area contributed by atoms with Crippen molar-refractivity contribution in [2.75, 3.05) is 0 Å². The molecule has 0 spiro atoms. The normalized spacial score (nSPS) is 36.8. The van der Waals surface area contributed by atoms with E-state index in [-0.39, 0.29) is 6.10 Å². The van der Waals surface area contributed by atoms with E-state index < -0.39 is 29.7 Å². The number of ketones is 1. The van der Waals surface area contributed by atoms with Crippen LogP contribution in [-0.4, -0.2) is 40.9 Å². The highest BCUT2D eigenvalue weighted by molar-refractivity contribution is 6.00. The van der Waals surface area contributed by atoms with Gasteiger partial charge in [-0.2, -0.15) is 0 Å². The van der Waals surface area contributed by atoms with Crippen LogP contribution in [0.15, 0.2) is 12.3 Å². The molecule has 1 heterocycles. The lowest BCUT2D eigenvalue weighted by Crippen LogP contribution is -2.61. The number of esters is 1. The second kappa shape index (κ2) is 7.87. The molecule has 0 aromatic heterocycles. The van der Waals surface area contributed by atoms with Crippen LogP contribution in [0.4, 0.5) is 0 Å². The van der Waals surface area contributed by atoms with Crippen molar-refractivity contribution in [1.82, 2.24) is 5.32 Å². The molecule has 2 N–H and O–H groups in total. The van der Waals surface area contributed by atoms with Gasteiger partial charge in [0.1, 0.15) is 6.10 Å². The zero-order valence-corrected chi connectivity index (χ0v) is 15.8. The van der Waals surface area contributed by atoms with Gasteiger partial charge >= 0.3 is 5.97 Å². The van der Waals surface area contributed by atoms with Gasteiger partial charge in [0.2, 0.25) is 6.29 Å². The largest absolute Gasteiger partial charge is 0.434 e. The number of nitrogens with one attached hydrogen (secondary N) is 1. The van der Waals surface area contributed by atoms with E-state index in [1.807, 2.05) is 0 Å². The van der Waals surface area contributed by atoms with Crippen LogP contribution < -0.4 is 5.32 Å². The predicted octanol–water partition coefficient (Wildman–Crippen LogP) is 2.16. The smallest absolute Gasteiger partial charge is 0.337 e. The summed E-state index contributed by atoms with van der Waals surface area (Å²) in [6.07, 6.45) is 3.65. The fraction of sp³-hybridized carbons (Fsp3) is 0.789. The quantitative estimate of drug-likeness (QED) is 0.582. The van der Waals surface area contributed by atoms with Gasteiger partial charge in [-0.1, -0.05) is 27.2 Å². The fourth-order valence-corrected chi connectivity index (χ4v) is 3.74. The first kappa shape index (κ1) is 19.9. The first-order chi connectivity index (χ1) is 11.6. The molecule has 1 saturated carbocycles. The lowest BCUT2D eigenvalue weighted by Gasteiger charge is -2.39. The Morgan fingerprint density at radius 3 is 2.68 bits per heavy atom. The highest BCUT2D eigenvalue weighted by Gasteiger charge is 2.47. The number of rotatable bonds is 5. The number of aliphatic hydroxyl groups excluding tert-OH is 1. The van der Waals surface area contributed by atoms with E-state index in [1.165, 1.54) is 25.6 Å². The standard InChI is InChI=1S/C19H31NO5/c1-11(2)14-7-6-12(3)10-16(14)24-13(4)25-18(23)19(5)17(22)15(21)8-9-20-19/h8-9,11-14,16-17,20,22H,6-7,10H2,1-5H3. The zero-order chi connectivity index (χ0) is 18.8. The fourth-order valence-electron chi connectivity index (χ4n) is 3.74. The Morgan fingerprint density at radius 1 is 1.36 bits per heavy atom. The summed E-state index contributed by atoms with van der Waals surface area (Å²) in [4.78, 5) is 24.2. The van der Waals surface area contributed by atoms with Gasteiger partial charge in [-0.05, 0) is 50.5 Å². The van der Waals surface area contributed by atoms with E-state index in [9.17, 15) is 14.7 Å². The molecule has 0 bridgehead atoms. The van der Waals surface area contributed by atoms with Crippen molar-refractivity contribution < 1.29 is 24.2 Å². The molecule has 2 aliphatic rings. The Hall–Kier alpha value is -1.40. The predicted molar refractivity (Wildman–Crippen MR) is 93.5 cm³/mol. The lowest BCUT2D eigenvalue weighted by molar-refractivity contribution is -0.205. The third kappa shape index (κ3) is 4.42. The van der Waals surface area contributed by atoms with E-state index in [1.54, 1.807) is 6.92 Å². The van der Waals surface area contributed by atoms with Gasteiger partial charge in [-0.15, -0.1) is 0 Å². The summed E-state index contributed by atoms with van der Waals surface area (Å²) < 4.78 is 11.5. The van der Waals surface area contributed by atoms with Crippen LogP contribution in [-0.2, 0) is 19.1 Å². The van der Waals surface area contributed by atoms with Gasteiger partial charge in [0.05, 0.1) is 6.10 Å². The molecule has 1 aliphatic carbocycles. The van der Waals surface area contributed by atoms with Crippen LogP contribution in [0.5, 0.6) is 0 Å². The third-order valence-corrected chi connectivity index (χ3v) is 5.47. The van der Waals surface area contributed by atoms with Gasteiger partial charge in [-0.3, -0.25) is 4.79 Å². The summed E-state index contributed by atoms with van der Waals surface area (Å²) in [5.74, 6) is 0.311. The van der Waals surface area contributed by atoms with Gasteiger partial charge in [-0.25, -0.2) is 4.79 Å². The van der Waals surface area contributed by atoms with Crippen LogP contribution in [0.1, 0.15) is 53.9 Å². The lowest BCUT2D eigenvalue weighted by atomic mass is 9.75. The molecule has 2 rings (SSSR count). The summed E-state index contributed by atoms with van der Waals surface area (Å²) in [6.45, 7) is 9.73. The maximum Gasteiger partial charge on any atom is 0.337 e. The Morgan fingerprint density at radius 2 is 2.04 bits per heavy atom. The van der Waals surface area contributed by atoms with Gasteiger partial charge in [0.25, 0.3) is 0 Å². The topological polar surface area (TPSA) is 84.9 Å². The third-order valence-electron chi connectivity index (χ3n) is 5.47. The molecule has 0 aromatic rings. The molecular formula is C19H31NO5. The number of hydrogen-bond donors (Lipinski definition) is 2. The molecule has 0 amide bonds. The van der Waals surface area contributed by atoms with Gasteiger partial charge < -0.3 is 19.9 Å². The Kier molecular flexibility index (Phi) is 6.27. The van der Waals surface area contributed by atoms with Crippen molar-refractivity contribution in [2.45, 2.75) is 77.9 Å². The minimum atomic E-state index is -1.50. The van der Waals surface area contributed by atoms with Crippen LogP contribution in [0.25, 0.3) is 0 Å². The van der Waals surface area contributed by atoms with Crippen molar-refractivity contribution in [1.29, 1.82) is 0 Å². The molecule has 1 aliphatic heterocycles. The molecule has 6 unspecified atom stereocenters. The molecule has 6 atom stereocenters. The van der Waals surface area contributed by atoms with Crippen molar-refractivity contribution >= 4 is 11.8 Å². The Balaban J connectivity index is 1.98. The maximum atomic E-state index is 12.5. The minimum absolute atomic E-state index is 0.0464. The van der Waals surface area contributed by atoms with E-state index in [2.05, 4.69) is 26.1 Å². The van der Waals surface area contributed by atoms with E-state index in [0.717, 1.165) is 12.8 Å². The molecular weight excluding hydrogens is 322 g/mol. The summed E-state index contributed by atoms with van der Waals surface area (Å²) in [7, 11) is 0. The summed E-state index contributed by atoms with van der Waals surface area (Å²) in [5.41, 5.74) is -1.50. The highest BCUT2D eigenvalue weighted by Crippen LogP contribution is 2.36. The molecule has 142 valence electrons. The monoisotopic (exact) mass is 353 g/mol. The summed E-state index contributed by atoms with van der Waals surface area (Å²) in [6, 6.07) is 0. The molecule has 1 fully saturated rings. The maximum absolute atomic E-state index is 12.5. The molecule has 0 radical (unpaired) electrons. The SMILES string of the molecule is CC1CCC(C(C)C)C(OC(C)OC(=O)C2(C)NC=CC(=O)C2O)C1. The van der Waals surface area contributed by atoms with Crippen molar-refractivity contribution in [3.05, 3.63) is 12.3 Å². The number of aliphatic hydroxyl groups is 1. The second-order valence-corrected chi connectivity index (χ2v) is 7.96. The summed E-state index contributed by atoms with van der Waals surface area (Å²) >= 11 is 0. The molecule has 6 nitrogen and oxygen atoms in total. The van der Waals surface area contributed by atoms with Crippen molar-refractivity contribution in [2.24, 2.45) is 17.8 Å². The van der Waals surface area contributed by atoms with E-state index >= 15 is 0 Å². The van der Waals surface area contributed by atoms with Crippen LogP contribution in [0.2, 0.25) is 0 Å². The highest BCUT2D eigenvalue weighted by atomic mass is 16.7. The number of hydrogen-bond acceptors (Lipinski definition) is 6. The molecule has 0 aromatic carbocycles.